The van der Waals surface area contributed by atoms with Crippen LogP contribution in [0.15, 0.2) is 97.1 Å². The first-order valence-corrected chi connectivity index (χ1v) is 17.3. The number of aryl methyl sites for hydroxylation is 3. The Labute approximate surface area is 319 Å². The number of alkyl halides is 3. The molecule has 0 fully saturated rings. The van der Waals surface area contributed by atoms with Crippen LogP contribution in [0.1, 0.15) is 97.2 Å². The van der Waals surface area contributed by atoms with Crippen molar-refractivity contribution in [3.63, 3.8) is 0 Å². The molecule has 6 rings (SSSR count). The Morgan fingerprint density at radius 3 is 1.78 bits per heavy atom. The van der Waals surface area contributed by atoms with Crippen molar-refractivity contribution in [2.24, 2.45) is 0 Å². The summed E-state index contributed by atoms with van der Waals surface area (Å²) in [7, 11) is 0. The van der Waals surface area contributed by atoms with Crippen LogP contribution >= 0.6 is 0 Å². The molecule has 0 aliphatic heterocycles. The summed E-state index contributed by atoms with van der Waals surface area (Å²) in [4.78, 5) is 0. The van der Waals surface area contributed by atoms with Crippen LogP contribution in [-0.4, -0.2) is 3.21 Å². The van der Waals surface area contributed by atoms with Crippen LogP contribution in [-0.2, 0) is 47.7 Å². The molecule has 6 heteroatoms. The topological polar surface area (TPSA) is 0 Å². The van der Waals surface area contributed by atoms with Crippen molar-refractivity contribution in [3.8, 4) is 11.1 Å². The van der Waals surface area contributed by atoms with Gasteiger partial charge in [-0.2, -0.15) is 35.9 Å². The average Bonchev–Trinajstić information content (AvgIpc) is 3.67. The Morgan fingerprint density at radius 2 is 1.27 bits per heavy atom. The molecule has 0 aromatic heterocycles. The number of benzene rings is 4. The fraction of sp³-hybridized carbons (Fsp3) is 0.302. The second kappa shape index (κ2) is 17.0. The standard InChI is InChI=1S/C23H29.C15H11F3.C5H5.2ClH.Zr/c1-14-9-16-11-17-10-15(2)21(23(6,7)8)13-19(17)18(16)12-20(14)22(3,4)5;1-11-5-7-12(8-6-11)9-13-3-2-4-14(10-13)15(16,17)18;1-2-4-5-3-1;;;/h9,12-13H,11H2,1-8H3;2-8,10H,1H3;1-5H;2*1H;/q-1;;-1;;;+2/p-2. The molecule has 0 saturated carbocycles. The largest absolute Gasteiger partial charge is 1.00 e. The van der Waals surface area contributed by atoms with E-state index in [1.54, 1.807) is 6.07 Å². The predicted octanol–water partition coefficient (Wildman–Crippen LogP) is 5.81. The Balaban J connectivity index is 0.000000290. The second-order valence-electron chi connectivity index (χ2n) is 14.5. The van der Waals surface area contributed by atoms with E-state index in [1.807, 2.05) is 61.5 Å². The van der Waals surface area contributed by atoms with Gasteiger partial charge in [-0.3, -0.25) is 0 Å². The number of hydrogen-bond acceptors (Lipinski definition) is 0. The molecule has 0 N–H and O–H groups in total. The van der Waals surface area contributed by atoms with Crippen molar-refractivity contribution in [2.75, 3.05) is 0 Å². The van der Waals surface area contributed by atoms with Crippen LogP contribution in [0.5, 0.6) is 0 Å². The minimum absolute atomic E-state index is 0. The molecule has 5 aromatic carbocycles. The van der Waals surface area contributed by atoms with Crippen LogP contribution in [0.25, 0.3) is 11.1 Å². The number of halogens is 5. The van der Waals surface area contributed by atoms with Gasteiger partial charge in [0.1, 0.15) is 0 Å². The normalized spacial score (nSPS) is 11.8. The van der Waals surface area contributed by atoms with Gasteiger partial charge in [-0.1, -0.05) is 71.6 Å². The first-order valence-electron chi connectivity index (χ1n) is 16.1. The van der Waals surface area contributed by atoms with Crippen LogP contribution in [0.4, 0.5) is 13.2 Å². The molecule has 0 radical (unpaired) electrons. The van der Waals surface area contributed by atoms with E-state index in [1.165, 1.54) is 56.6 Å². The third-order valence-electron chi connectivity index (χ3n) is 8.45. The zero-order chi connectivity index (χ0) is 34.7. The van der Waals surface area contributed by atoms with Gasteiger partial charge >= 0.3 is 124 Å². The van der Waals surface area contributed by atoms with Crippen molar-refractivity contribution in [3.05, 3.63) is 159 Å². The smallest absolute Gasteiger partial charge is 0.172 e. The van der Waals surface area contributed by atoms with Crippen molar-refractivity contribution < 1.29 is 62.2 Å². The maximum absolute atomic E-state index is 12.7. The van der Waals surface area contributed by atoms with Crippen LogP contribution < -0.4 is 24.8 Å². The van der Waals surface area contributed by atoms with E-state index in [0.29, 0.717) is 5.56 Å². The molecule has 0 saturated heterocycles. The second-order valence-corrected chi connectivity index (χ2v) is 15.7. The summed E-state index contributed by atoms with van der Waals surface area (Å²) in [5.41, 5.74) is 13.8. The molecule has 0 atom stereocenters. The Bertz CT molecular complexity index is 1750. The zero-order valence-corrected chi connectivity index (χ0v) is 33.8. The molecule has 1 aliphatic carbocycles. The van der Waals surface area contributed by atoms with E-state index in [2.05, 4.69) is 79.7 Å². The van der Waals surface area contributed by atoms with Crippen LogP contribution in [0.3, 0.4) is 0 Å². The van der Waals surface area contributed by atoms with E-state index in [4.69, 9.17) is 0 Å². The summed E-state index contributed by atoms with van der Waals surface area (Å²) in [5, 5.41) is 0. The molecule has 0 unspecified atom stereocenters. The average molecular weight is 781 g/mol. The van der Waals surface area contributed by atoms with Crippen molar-refractivity contribution in [2.45, 2.75) is 85.7 Å². The third kappa shape index (κ3) is 10.9. The van der Waals surface area contributed by atoms with Gasteiger partial charge in [0.2, 0.25) is 0 Å². The molecule has 0 amide bonds. The fourth-order valence-electron chi connectivity index (χ4n) is 6.08. The van der Waals surface area contributed by atoms with E-state index >= 15 is 0 Å². The van der Waals surface area contributed by atoms with Gasteiger partial charge in [-0.15, -0.1) is 16.7 Å². The minimum Gasteiger partial charge on any atom is -1.00 e. The van der Waals surface area contributed by atoms with E-state index in [9.17, 15) is 13.2 Å². The van der Waals surface area contributed by atoms with Crippen molar-refractivity contribution in [1.82, 2.24) is 0 Å². The maximum Gasteiger partial charge on any atom is -0.172 e. The van der Waals surface area contributed by atoms with Gasteiger partial charge in [-0.05, 0) is 35.4 Å². The summed E-state index contributed by atoms with van der Waals surface area (Å²) >= 11 is 1.10. The quantitative estimate of drug-likeness (QED) is 0.195. The zero-order valence-electron chi connectivity index (χ0n) is 29.8. The van der Waals surface area contributed by atoms with Crippen molar-refractivity contribution >= 4 is 3.21 Å². The van der Waals surface area contributed by atoms with Gasteiger partial charge < -0.3 is 24.8 Å². The number of rotatable bonds is 2. The van der Waals surface area contributed by atoms with Crippen LogP contribution in [0.2, 0.25) is 0 Å². The van der Waals surface area contributed by atoms with Gasteiger partial charge in [0.15, 0.2) is 0 Å². The summed E-state index contributed by atoms with van der Waals surface area (Å²) in [6, 6.07) is 34.3. The first kappa shape index (κ1) is 42.5. The van der Waals surface area contributed by atoms with E-state index in [0.717, 1.165) is 51.1 Å². The molecule has 1 aliphatic rings. The van der Waals surface area contributed by atoms with Crippen LogP contribution in [0, 0.1) is 26.8 Å². The van der Waals surface area contributed by atoms with Gasteiger partial charge in [-0.25, -0.2) is 12.1 Å². The molecule has 0 bridgehead atoms. The first-order chi connectivity index (χ1) is 21.9. The summed E-state index contributed by atoms with van der Waals surface area (Å²) in [6.07, 6.45) is -3.26. The molecule has 0 heterocycles. The Morgan fingerprint density at radius 1 is 0.694 bits per heavy atom. The van der Waals surface area contributed by atoms with Gasteiger partial charge in [0.05, 0.1) is 0 Å². The maximum atomic E-state index is 12.7. The molecule has 0 spiro atoms. The molecular weight excluding hydrogens is 736 g/mol. The van der Waals surface area contributed by atoms with Crippen molar-refractivity contribution in [1.29, 1.82) is 0 Å². The summed E-state index contributed by atoms with van der Waals surface area (Å²) < 4.78 is 39.0. The molecule has 258 valence electrons. The monoisotopic (exact) mass is 778 g/mol. The summed E-state index contributed by atoms with van der Waals surface area (Å²) in [6.45, 7) is 20.2. The van der Waals surface area contributed by atoms with E-state index in [-0.39, 0.29) is 35.6 Å². The Kier molecular flexibility index (Phi) is 14.8. The van der Waals surface area contributed by atoms with Gasteiger partial charge in [0, 0.05) is 0 Å². The van der Waals surface area contributed by atoms with E-state index < -0.39 is 11.7 Å². The molecular formula is C43H45Cl2F3Zr-2. The molecule has 5 aromatic rings. The minimum atomic E-state index is -4.29. The number of fused-ring (bicyclic) bond motifs is 3. The number of hydrogen-bond donors (Lipinski definition) is 0. The summed E-state index contributed by atoms with van der Waals surface area (Å²) in [5.74, 6) is 0. The SMILES string of the molecule is Cc1[c-]c2c(cc1C(C)(C)C)-c1cc(C(C)(C)C)c(C)cc1C2.Cc1ccc([C](=[Zr+2])c2cccc(C(F)(F)F)c2)cc1.[Cl-].[Cl-].c1cc[cH-]c1. The fourth-order valence-corrected chi connectivity index (χ4v) is 6.87. The molecule has 0 nitrogen and oxygen atoms in total. The van der Waals surface area contributed by atoms with Gasteiger partial charge in [0.25, 0.3) is 0 Å². The Hall–Kier alpha value is -2.65. The predicted molar refractivity (Wildman–Crippen MR) is 188 cm³/mol. The third-order valence-corrected chi connectivity index (χ3v) is 9.87. The molecule has 49 heavy (non-hydrogen) atoms.